The lowest BCUT2D eigenvalue weighted by Crippen LogP contribution is -2.44. The second kappa shape index (κ2) is 7.13. The molecule has 1 N–H and O–H groups in total. The summed E-state index contributed by atoms with van der Waals surface area (Å²) in [6.07, 6.45) is 7.07. The highest BCUT2D eigenvalue weighted by molar-refractivity contribution is 5.69. The number of esters is 1. The van der Waals surface area contributed by atoms with Crippen molar-refractivity contribution in [2.45, 2.75) is 85.7 Å². The van der Waals surface area contributed by atoms with Crippen LogP contribution in [0.4, 0.5) is 0 Å². The van der Waals surface area contributed by atoms with Crippen molar-refractivity contribution in [3.05, 3.63) is 0 Å². The van der Waals surface area contributed by atoms with Gasteiger partial charge in [-0.1, -0.05) is 34.1 Å². The van der Waals surface area contributed by atoms with Gasteiger partial charge in [-0.3, -0.25) is 4.79 Å². The van der Waals surface area contributed by atoms with Gasteiger partial charge in [0.1, 0.15) is 0 Å². The van der Waals surface area contributed by atoms with Crippen LogP contribution in [0.3, 0.4) is 0 Å². The van der Waals surface area contributed by atoms with Crippen LogP contribution in [0.15, 0.2) is 0 Å². The molecule has 0 aliphatic heterocycles. The molecule has 0 radical (unpaired) electrons. The van der Waals surface area contributed by atoms with Crippen molar-refractivity contribution in [3.8, 4) is 0 Å². The number of aliphatic hydroxyl groups is 1. The van der Waals surface area contributed by atoms with Crippen LogP contribution >= 0.6 is 0 Å². The smallest absolute Gasteiger partial charge is 0.305 e. The van der Waals surface area contributed by atoms with Gasteiger partial charge < -0.3 is 9.84 Å². The molecule has 0 aromatic rings. The average Bonchev–Trinajstić information content (AvgIpc) is 2.83. The standard InChI is InChI=1S/C20H36O3/c1-6-23-18(22)11-13-19(3,4)14(2)15-9-10-16-17(21)8-7-12-20(15,16)5/h14-17,21H,6-13H2,1-5H3. The van der Waals surface area contributed by atoms with E-state index in [-0.39, 0.29) is 22.9 Å². The van der Waals surface area contributed by atoms with E-state index in [4.69, 9.17) is 4.74 Å². The van der Waals surface area contributed by atoms with Crippen molar-refractivity contribution in [2.24, 2.45) is 28.6 Å². The van der Waals surface area contributed by atoms with Crippen LogP contribution in [-0.2, 0) is 9.53 Å². The number of rotatable bonds is 6. The molecule has 0 aromatic heterocycles. The van der Waals surface area contributed by atoms with Gasteiger partial charge >= 0.3 is 5.97 Å². The number of carbonyl (C=O) groups excluding carboxylic acids is 1. The van der Waals surface area contributed by atoms with Gasteiger partial charge in [-0.25, -0.2) is 0 Å². The maximum Gasteiger partial charge on any atom is 0.305 e. The van der Waals surface area contributed by atoms with Crippen LogP contribution < -0.4 is 0 Å². The number of fused-ring (bicyclic) bond motifs is 1. The first-order chi connectivity index (χ1) is 10.7. The summed E-state index contributed by atoms with van der Waals surface area (Å²) in [4.78, 5) is 11.7. The summed E-state index contributed by atoms with van der Waals surface area (Å²) in [6, 6.07) is 0. The van der Waals surface area contributed by atoms with E-state index >= 15 is 0 Å². The van der Waals surface area contributed by atoms with Gasteiger partial charge in [-0.05, 0) is 67.6 Å². The lowest BCUT2D eigenvalue weighted by atomic mass is 9.57. The van der Waals surface area contributed by atoms with Crippen molar-refractivity contribution < 1.29 is 14.6 Å². The summed E-state index contributed by atoms with van der Waals surface area (Å²) < 4.78 is 5.09. The fourth-order valence-electron chi connectivity index (χ4n) is 5.44. The van der Waals surface area contributed by atoms with Crippen molar-refractivity contribution in [1.29, 1.82) is 0 Å². The molecule has 5 atom stereocenters. The first-order valence-electron chi connectivity index (χ1n) is 9.56. The summed E-state index contributed by atoms with van der Waals surface area (Å²) in [5, 5.41) is 10.4. The minimum absolute atomic E-state index is 0.0728. The molecule has 2 aliphatic carbocycles. The quantitative estimate of drug-likeness (QED) is 0.728. The molecule has 134 valence electrons. The molecule has 0 aromatic carbocycles. The average molecular weight is 325 g/mol. The van der Waals surface area contributed by atoms with Gasteiger partial charge in [-0.15, -0.1) is 0 Å². The molecule has 0 amide bonds. The van der Waals surface area contributed by atoms with Gasteiger partial charge in [0.05, 0.1) is 12.7 Å². The summed E-state index contributed by atoms with van der Waals surface area (Å²) >= 11 is 0. The third-order valence-electron chi connectivity index (χ3n) is 7.28. The van der Waals surface area contributed by atoms with Crippen LogP contribution in [0.2, 0.25) is 0 Å². The molecule has 5 unspecified atom stereocenters. The fourth-order valence-corrected chi connectivity index (χ4v) is 5.44. The van der Waals surface area contributed by atoms with Crippen LogP contribution in [0.25, 0.3) is 0 Å². The Morgan fingerprint density at radius 2 is 2.04 bits per heavy atom. The van der Waals surface area contributed by atoms with Crippen molar-refractivity contribution in [2.75, 3.05) is 6.61 Å². The fraction of sp³-hybridized carbons (Fsp3) is 0.950. The van der Waals surface area contributed by atoms with E-state index in [1.807, 2.05) is 6.92 Å². The Morgan fingerprint density at radius 3 is 2.70 bits per heavy atom. The summed E-state index contributed by atoms with van der Waals surface area (Å²) in [6.45, 7) is 11.7. The lowest BCUT2D eigenvalue weighted by molar-refractivity contribution is -0.144. The van der Waals surface area contributed by atoms with Crippen molar-refractivity contribution in [1.82, 2.24) is 0 Å². The monoisotopic (exact) mass is 324 g/mol. The molecule has 2 aliphatic rings. The predicted molar refractivity (Wildman–Crippen MR) is 93.0 cm³/mol. The molecule has 0 saturated heterocycles. The zero-order valence-corrected chi connectivity index (χ0v) is 15.7. The molecule has 2 fully saturated rings. The molecule has 3 heteroatoms. The largest absolute Gasteiger partial charge is 0.466 e. The second-order valence-corrected chi connectivity index (χ2v) is 8.84. The van der Waals surface area contributed by atoms with Crippen LogP contribution in [0, 0.1) is 28.6 Å². The van der Waals surface area contributed by atoms with Crippen LogP contribution in [0.5, 0.6) is 0 Å². The molecular weight excluding hydrogens is 288 g/mol. The molecule has 0 spiro atoms. The van der Waals surface area contributed by atoms with Crippen LogP contribution in [0.1, 0.15) is 79.6 Å². The van der Waals surface area contributed by atoms with Gasteiger partial charge in [0, 0.05) is 6.42 Å². The minimum atomic E-state index is -0.103. The summed E-state index contributed by atoms with van der Waals surface area (Å²) in [5.74, 6) is 1.61. The molecule has 2 saturated carbocycles. The Balaban J connectivity index is 2.03. The zero-order chi connectivity index (χ0) is 17.3. The van der Waals surface area contributed by atoms with E-state index in [2.05, 4.69) is 27.7 Å². The SMILES string of the molecule is CCOC(=O)CCC(C)(C)C(C)C1CCC2C(O)CCCC21C. The molecule has 2 rings (SSSR count). The van der Waals surface area contributed by atoms with E-state index in [1.54, 1.807) is 0 Å². The molecule has 0 heterocycles. The Hall–Kier alpha value is -0.570. The first-order valence-corrected chi connectivity index (χ1v) is 9.56. The number of hydrogen-bond donors (Lipinski definition) is 1. The summed E-state index contributed by atoms with van der Waals surface area (Å²) in [5.41, 5.74) is 0.399. The zero-order valence-electron chi connectivity index (χ0n) is 15.7. The third kappa shape index (κ3) is 3.75. The van der Waals surface area contributed by atoms with Gasteiger partial charge in [0.15, 0.2) is 0 Å². The van der Waals surface area contributed by atoms with E-state index in [0.29, 0.717) is 30.8 Å². The number of hydrogen-bond acceptors (Lipinski definition) is 3. The van der Waals surface area contributed by atoms with Gasteiger partial charge in [0.2, 0.25) is 0 Å². The molecular formula is C20H36O3. The highest BCUT2D eigenvalue weighted by Crippen LogP contribution is 2.60. The maximum absolute atomic E-state index is 11.7. The summed E-state index contributed by atoms with van der Waals surface area (Å²) in [7, 11) is 0. The van der Waals surface area contributed by atoms with Crippen molar-refractivity contribution in [3.63, 3.8) is 0 Å². The van der Waals surface area contributed by atoms with E-state index in [0.717, 1.165) is 19.3 Å². The Kier molecular flexibility index (Phi) is 5.81. The molecule has 3 nitrogen and oxygen atoms in total. The molecule has 23 heavy (non-hydrogen) atoms. The minimum Gasteiger partial charge on any atom is -0.466 e. The van der Waals surface area contributed by atoms with E-state index in [9.17, 15) is 9.90 Å². The van der Waals surface area contributed by atoms with Crippen molar-refractivity contribution >= 4 is 5.97 Å². The topological polar surface area (TPSA) is 46.5 Å². The van der Waals surface area contributed by atoms with E-state index < -0.39 is 0 Å². The number of carbonyl (C=O) groups is 1. The second-order valence-electron chi connectivity index (χ2n) is 8.84. The Labute approximate surface area is 142 Å². The van der Waals surface area contributed by atoms with Gasteiger partial charge in [-0.2, -0.15) is 0 Å². The maximum atomic E-state index is 11.7. The highest BCUT2D eigenvalue weighted by Gasteiger charge is 2.54. The van der Waals surface area contributed by atoms with Crippen LogP contribution in [-0.4, -0.2) is 23.8 Å². The number of ether oxygens (including phenoxy) is 1. The predicted octanol–water partition coefficient (Wildman–Crippen LogP) is 4.57. The highest BCUT2D eigenvalue weighted by atomic mass is 16.5. The third-order valence-corrected chi connectivity index (χ3v) is 7.28. The van der Waals surface area contributed by atoms with Gasteiger partial charge in [0.25, 0.3) is 0 Å². The Bertz CT molecular complexity index is 417. The number of aliphatic hydroxyl groups excluding tert-OH is 1. The lowest BCUT2D eigenvalue weighted by Gasteiger charge is -2.48. The first kappa shape index (κ1) is 18.8. The molecule has 0 bridgehead atoms. The van der Waals surface area contributed by atoms with E-state index in [1.165, 1.54) is 19.3 Å². The Morgan fingerprint density at radius 1 is 1.35 bits per heavy atom. The normalized spacial score (nSPS) is 35.7.